The van der Waals surface area contributed by atoms with Gasteiger partial charge in [0.05, 0.1) is 5.71 Å². The predicted molar refractivity (Wildman–Crippen MR) is 123 cm³/mol. The van der Waals surface area contributed by atoms with Crippen molar-refractivity contribution in [3.05, 3.63) is 90.0 Å². The normalized spacial score (nSPS) is 12.3. The van der Waals surface area contributed by atoms with Crippen LogP contribution < -0.4 is 10.2 Å². The SMILES string of the molecule is CCC(C)c1ccc(OCC(=O)N/N=C(\C)c2ccc(-c3ccccc3)cc2)cc1. The Morgan fingerprint density at radius 1 is 0.933 bits per heavy atom. The topological polar surface area (TPSA) is 50.7 Å². The van der Waals surface area contributed by atoms with E-state index in [9.17, 15) is 4.79 Å². The van der Waals surface area contributed by atoms with Crippen molar-refractivity contribution in [1.29, 1.82) is 0 Å². The first kappa shape index (κ1) is 21.3. The molecule has 0 aromatic heterocycles. The molecule has 3 rings (SSSR count). The molecule has 3 aromatic rings. The van der Waals surface area contributed by atoms with Gasteiger partial charge in [0.1, 0.15) is 5.75 Å². The molecule has 0 aliphatic heterocycles. The Kier molecular flexibility index (Phi) is 7.39. The predicted octanol–water partition coefficient (Wildman–Crippen LogP) is 5.79. The van der Waals surface area contributed by atoms with Crippen LogP contribution in [0.5, 0.6) is 5.75 Å². The zero-order chi connectivity index (χ0) is 21.3. The third-order valence-corrected chi connectivity index (χ3v) is 5.19. The smallest absolute Gasteiger partial charge is 0.277 e. The molecule has 1 N–H and O–H groups in total. The first-order chi connectivity index (χ1) is 14.6. The van der Waals surface area contributed by atoms with Crippen molar-refractivity contribution in [3.63, 3.8) is 0 Å². The number of amides is 1. The highest BCUT2D eigenvalue weighted by Crippen LogP contribution is 2.21. The Balaban J connectivity index is 1.51. The van der Waals surface area contributed by atoms with E-state index in [-0.39, 0.29) is 12.5 Å². The first-order valence-corrected chi connectivity index (χ1v) is 10.3. The third-order valence-electron chi connectivity index (χ3n) is 5.19. The van der Waals surface area contributed by atoms with Crippen LogP contribution in [-0.4, -0.2) is 18.2 Å². The molecular formula is C26H28N2O2. The number of nitrogens with zero attached hydrogens (tertiary/aromatic N) is 1. The maximum absolute atomic E-state index is 12.1. The van der Waals surface area contributed by atoms with Crippen molar-refractivity contribution in [2.45, 2.75) is 33.1 Å². The molecule has 3 aromatic carbocycles. The van der Waals surface area contributed by atoms with Crippen LogP contribution in [0.25, 0.3) is 11.1 Å². The molecule has 154 valence electrons. The minimum Gasteiger partial charge on any atom is -0.484 e. The summed E-state index contributed by atoms with van der Waals surface area (Å²) in [5.74, 6) is 0.900. The maximum Gasteiger partial charge on any atom is 0.277 e. The lowest BCUT2D eigenvalue weighted by molar-refractivity contribution is -0.123. The van der Waals surface area contributed by atoms with Crippen molar-refractivity contribution in [1.82, 2.24) is 5.43 Å². The van der Waals surface area contributed by atoms with Crippen LogP contribution in [0.3, 0.4) is 0 Å². The van der Waals surface area contributed by atoms with Crippen molar-refractivity contribution in [2.75, 3.05) is 6.61 Å². The molecule has 0 spiro atoms. The summed E-state index contributed by atoms with van der Waals surface area (Å²) in [7, 11) is 0. The van der Waals surface area contributed by atoms with Gasteiger partial charge in [-0.05, 0) is 53.6 Å². The van der Waals surface area contributed by atoms with Crippen molar-refractivity contribution in [2.24, 2.45) is 5.10 Å². The average Bonchev–Trinajstić information content (AvgIpc) is 2.81. The average molecular weight is 401 g/mol. The summed E-state index contributed by atoms with van der Waals surface area (Å²) < 4.78 is 5.56. The molecule has 0 bridgehead atoms. The lowest BCUT2D eigenvalue weighted by Crippen LogP contribution is -2.25. The van der Waals surface area contributed by atoms with E-state index < -0.39 is 0 Å². The molecule has 0 fully saturated rings. The number of rotatable bonds is 8. The van der Waals surface area contributed by atoms with E-state index in [1.807, 2.05) is 61.5 Å². The Hall–Kier alpha value is -3.40. The van der Waals surface area contributed by atoms with E-state index in [2.05, 4.69) is 48.6 Å². The number of carbonyl (C=O) groups excluding carboxylic acids is 1. The van der Waals surface area contributed by atoms with Gasteiger partial charge in [-0.1, -0.05) is 80.6 Å². The third kappa shape index (κ3) is 5.80. The van der Waals surface area contributed by atoms with Gasteiger partial charge in [-0.3, -0.25) is 4.79 Å². The van der Waals surface area contributed by atoms with Crippen LogP contribution in [0.1, 0.15) is 44.2 Å². The molecule has 1 unspecified atom stereocenters. The molecule has 0 heterocycles. The van der Waals surface area contributed by atoms with E-state index >= 15 is 0 Å². The first-order valence-electron chi connectivity index (χ1n) is 10.3. The molecule has 4 nitrogen and oxygen atoms in total. The lowest BCUT2D eigenvalue weighted by atomic mass is 9.99. The minimum absolute atomic E-state index is 0.0770. The molecule has 4 heteroatoms. The highest BCUT2D eigenvalue weighted by atomic mass is 16.5. The number of carbonyl (C=O) groups is 1. The van der Waals surface area contributed by atoms with E-state index in [0.717, 1.165) is 23.3 Å². The summed E-state index contributed by atoms with van der Waals surface area (Å²) in [5, 5.41) is 4.19. The van der Waals surface area contributed by atoms with Gasteiger partial charge in [0.25, 0.3) is 5.91 Å². The number of ether oxygens (including phenoxy) is 1. The van der Waals surface area contributed by atoms with E-state index in [0.29, 0.717) is 11.7 Å². The number of hydrogen-bond donors (Lipinski definition) is 1. The van der Waals surface area contributed by atoms with E-state index in [4.69, 9.17) is 4.74 Å². The lowest BCUT2D eigenvalue weighted by Gasteiger charge is -2.10. The molecule has 0 saturated carbocycles. The Labute approximate surface area is 178 Å². The molecule has 30 heavy (non-hydrogen) atoms. The quantitative estimate of drug-likeness (QED) is 0.384. The minimum atomic E-state index is -0.291. The molecule has 0 aliphatic carbocycles. The number of hydrogen-bond acceptors (Lipinski definition) is 3. The van der Waals surface area contributed by atoms with E-state index in [1.165, 1.54) is 11.1 Å². The number of nitrogens with one attached hydrogen (secondary N) is 1. The Morgan fingerprint density at radius 2 is 1.57 bits per heavy atom. The van der Waals surface area contributed by atoms with Gasteiger partial charge >= 0.3 is 0 Å². The van der Waals surface area contributed by atoms with Crippen molar-refractivity contribution < 1.29 is 9.53 Å². The number of benzene rings is 3. The van der Waals surface area contributed by atoms with Gasteiger partial charge in [-0.15, -0.1) is 0 Å². The summed E-state index contributed by atoms with van der Waals surface area (Å²) in [6, 6.07) is 26.2. The van der Waals surface area contributed by atoms with Crippen molar-refractivity contribution >= 4 is 11.6 Å². The van der Waals surface area contributed by atoms with Gasteiger partial charge in [0.15, 0.2) is 6.61 Å². The molecule has 1 atom stereocenters. The van der Waals surface area contributed by atoms with Crippen LogP contribution in [-0.2, 0) is 4.79 Å². The highest BCUT2D eigenvalue weighted by Gasteiger charge is 2.06. The Bertz CT molecular complexity index is 978. The van der Waals surface area contributed by atoms with Gasteiger partial charge in [-0.2, -0.15) is 5.10 Å². The van der Waals surface area contributed by atoms with Crippen LogP contribution in [0.2, 0.25) is 0 Å². The molecule has 0 saturated heterocycles. The summed E-state index contributed by atoms with van der Waals surface area (Å²) in [6.45, 7) is 6.15. The molecule has 0 radical (unpaired) electrons. The van der Waals surface area contributed by atoms with Crippen molar-refractivity contribution in [3.8, 4) is 16.9 Å². The van der Waals surface area contributed by atoms with Gasteiger partial charge < -0.3 is 4.74 Å². The fourth-order valence-electron chi connectivity index (χ4n) is 3.05. The fraction of sp³-hybridized carbons (Fsp3) is 0.231. The molecule has 0 aliphatic rings. The summed E-state index contributed by atoms with van der Waals surface area (Å²) >= 11 is 0. The second-order valence-corrected chi connectivity index (χ2v) is 7.34. The largest absolute Gasteiger partial charge is 0.484 e. The van der Waals surface area contributed by atoms with Gasteiger partial charge in [0, 0.05) is 0 Å². The fourth-order valence-corrected chi connectivity index (χ4v) is 3.05. The zero-order valence-electron chi connectivity index (χ0n) is 17.8. The number of hydrazone groups is 1. The van der Waals surface area contributed by atoms with Crippen LogP contribution >= 0.6 is 0 Å². The Morgan fingerprint density at radius 3 is 2.20 bits per heavy atom. The van der Waals surface area contributed by atoms with Crippen LogP contribution in [0.15, 0.2) is 84.0 Å². The van der Waals surface area contributed by atoms with Crippen LogP contribution in [0.4, 0.5) is 0 Å². The second-order valence-electron chi connectivity index (χ2n) is 7.34. The summed E-state index contributed by atoms with van der Waals surface area (Å²) in [5.41, 5.74) is 7.83. The summed E-state index contributed by atoms with van der Waals surface area (Å²) in [4.78, 5) is 12.1. The maximum atomic E-state index is 12.1. The highest BCUT2D eigenvalue weighted by molar-refractivity contribution is 5.99. The second kappa shape index (κ2) is 10.4. The monoisotopic (exact) mass is 400 g/mol. The van der Waals surface area contributed by atoms with Gasteiger partial charge in [-0.25, -0.2) is 5.43 Å². The van der Waals surface area contributed by atoms with E-state index in [1.54, 1.807) is 0 Å². The molecular weight excluding hydrogens is 372 g/mol. The van der Waals surface area contributed by atoms with Gasteiger partial charge in [0.2, 0.25) is 0 Å². The zero-order valence-corrected chi connectivity index (χ0v) is 17.8. The standard InChI is InChI=1S/C26H28N2O2/c1-4-19(2)21-14-16-25(17-15-21)30-18-26(29)28-27-20(3)22-10-12-24(13-11-22)23-8-6-5-7-9-23/h5-17,19H,4,18H2,1-3H3,(H,28,29)/b27-20+. The van der Waals surface area contributed by atoms with Crippen LogP contribution in [0, 0.1) is 0 Å². The summed E-state index contributed by atoms with van der Waals surface area (Å²) in [6.07, 6.45) is 1.09. The molecule has 1 amide bonds.